The van der Waals surface area contributed by atoms with Crippen LogP contribution in [-0.4, -0.2) is 49.9 Å². The number of likely N-dealkylation sites (tertiary alicyclic amines) is 1. The van der Waals surface area contributed by atoms with Crippen molar-refractivity contribution in [2.75, 3.05) is 32.5 Å². The molecule has 0 bridgehead atoms. The van der Waals surface area contributed by atoms with Crippen LogP contribution in [0.5, 0.6) is 0 Å². The molecule has 3 rings (SSSR count). The van der Waals surface area contributed by atoms with Crippen LogP contribution < -0.4 is 16.0 Å². The number of piperidine rings is 1. The van der Waals surface area contributed by atoms with Crippen LogP contribution in [-0.2, 0) is 11.3 Å². The Bertz CT molecular complexity index is 860. The van der Waals surface area contributed by atoms with Crippen LogP contribution in [0, 0.1) is 5.92 Å². The normalized spacial score (nSPS) is 14.5. The van der Waals surface area contributed by atoms with Gasteiger partial charge in [-0.15, -0.1) is 24.0 Å². The summed E-state index contributed by atoms with van der Waals surface area (Å²) in [7, 11) is 3.47. The summed E-state index contributed by atoms with van der Waals surface area (Å²) < 4.78 is 5.10. The Morgan fingerprint density at radius 2 is 1.87 bits per heavy atom. The molecule has 0 spiro atoms. The van der Waals surface area contributed by atoms with Crippen molar-refractivity contribution in [3.05, 3.63) is 54.0 Å². The first-order chi connectivity index (χ1) is 14.6. The predicted molar refractivity (Wildman–Crippen MR) is 132 cm³/mol. The van der Waals surface area contributed by atoms with Gasteiger partial charge in [0.1, 0.15) is 0 Å². The average Bonchev–Trinajstić information content (AvgIpc) is 3.31. The smallest absolute Gasteiger partial charge is 0.291 e. The lowest BCUT2D eigenvalue weighted by Crippen LogP contribution is -2.45. The van der Waals surface area contributed by atoms with E-state index >= 15 is 0 Å². The van der Waals surface area contributed by atoms with E-state index in [2.05, 4.69) is 25.8 Å². The minimum absolute atomic E-state index is 0. The van der Waals surface area contributed by atoms with E-state index in [9.17, 15) is 9.59 Å². The summed E-state index contributed by atoms with van der Waals surface area (Å²) in [6, 6.07) is 11.0. The van der Waals surface area contributed by atoms with Gasteiger partial charge in [0.2, 0.25) is 5.91 Å². The molecule has 0 atom stereocenters. The number of amides is 2. The second-order valence-corrected chi connectivity index (χ2v) is 7.34. The molecule has 1 saturated heterocycles. The lowest BCUT2D eigenvalue weighted by Gasteiger charge is -2.34. The van der Waals surface area contributed by atoms with Crippen molar-refractivity contribution in [1.29, 1.82) is 0 Å². The number of aliphatic imine (C=N–C) groups is 1. The molecule has 0 radical (unpaired) electrons. The predicted octanol–water partition coefficient (Wildman–Crippen LogP) is 3.07. The molecule has 1 aromatic heterocycles. The van der Waals surface area contributed by atoms with Gasteiger partial charge in [0, 0.05) is 45.8 Å². The van der Waals surface area contributed by atoms with E-state index in [1.54, 1.807) is 26.2 Å². The van der Waals surface area contributed by atoms with E-state index < -0.39 is 0 Å². The van der Waals surface area contributed by atoms with Crippen LogP contribution in [0.3, 0.4) is 0 Å². The first kappa shape index (κ1) is 24.7. The lowest BCUT2D eigenvalue weighted by molar-refractivity contribution is -0.121. The van der Waals surface area contributed by atoms with Crippen molar-refractivity contribution in [3.63, 3.8) is 0 Å². The van der Waals surface area contributed by atoms with Gasteiger partial charge in [-0.2, -0.15) is 0 Å². The molecule has 2 aromatic rings. The summed E-state index contributed by atoms with van der Waals surface area (Å²) in [4.78, 5) is 30.2. The highest BCUT2D eigenvalue weighted by Crippen LogP contribution is 2.20. The van der Waals surface area contributed by atoms with Crippen molar-refractivity contribution < 1.29 is 14.0 Å². The number of rotatable bonds is 6. The Labute approximate surface area is 199 Å². The minimum atomic E-state index is -0.272. The van der Waals surface area contributed by atoms with Gasteiger partial charge in [-0.1, -0.05) is 12.1 Å². The number of benzene rings is 1. The van der Waals surface area contributed by atoms with Crippen LogP contribution in [0.15, 0.2) is 52.1 Å². The fraction of sp³-hybridized carbons (Fsp3) is 0.409. The first-order valence-electron chi connectivity index (χ1n) is 10.2. The number of carbonyl (C=O) groups excluding carboxylic acids is 2. The van der Waals surface area contributed by atoms with E-state index in [-0.39, 0.29) is 41.6 Å². The minimum Gasteiger partial charge on any atom is -0.459 e. The van der Waals surface area contributed by atoms with Crippen molar-refractivity contribution >= 4 is 47.4 Å². The summed E-state index contributed by atoms with van der Waals surface area (Å²) in [6.45, 7) is 2.41. The quantitative estimate of drug-likeness (QED) is 0.298. The zero-order valence-electron chi connectivity index (χ0n) is 17.9. The molecule has 1 aromatic carbocycles. The topological polar surface area (TPSA) is 99.0 Å². The van der Waals surface area contributed by atoms with E-state index in [1.165, 1.54) is 6.26 Å². The third-order valence-corrected chi connectivity index (χ3v) is 5.29. The summed E-state index contributed by atoms with van der Waals surface area (Å²) in [6.07, 6.45) is 4.04. The number of nitrogens with one attached hydrogen (secondary N) is 3. The fourth-order valence-electron chi connectivity index (χ4n) is 3.53. The van der Waals surface area contributed by atoms with Gasteiger partial charge in [-0.05, 0) is 48.6 Å². The number of hydrogen-bond acceptors (Lipinski definition) is 4. The maximum atomic E-state index is 12.0. The Hall–Kier alpha value is -2.56. The van der Waals surface area contributed by atoms with Crippen LogP contribution >= 0.6 is 24.0 Å². The van der Waals surface area contributed by atoms with Crippen LogP contribution in [0.1, 0.15) is 35.4 Å². The molecular weight excluding hydrogens is 509 g/mol. The molecule has 3 N–H and O–H groups in total. The number of halogens is 1. The van der Waals surface area contributed by atoms with Crippen molar-refractivity contribution in [2.45, 2.75) is 25.8 Å². The Morgan fingerprint density at radius 1 is 1.16 bits per heavy atom. The highest BCUT2D eigenvalue weighted by Gasteiger charge is 2.23. The largest absolute Gasteiger partial charge is 0.459 e. The van der Waals surface area contributed by atoms with Gasteiger partial charge < -0.3 is 25.3 Å². The number of carbonyl (C=O) groups is 2. The number of anilines is 1. The first-order valence-corrected chi connectivity index (χ1v) is 10.2. The highest BCUT2D eigenvalue weighted by molar-refractivity contribution is 14.0. The summed E-state index contributed by atoms with van der Waals surface area (Å²) >= 11 is 0. The summed E-state index contributed by atoms with van der Waals surface area (Å²) in [5, 5.41) is 8.91. The maximum absolute atomic E-state index is 12.0. The van der Waals surface area contributed by atoms with Gasteiger partial charge in [-0.25, -0.2) is 0 Å². The zero-order valence-corrected chi connectivity index (χ0v) is 20.2. The number of hydrogen-bond donors (Lipinski definition) is 3. The SMILES string of the molecule is CN=C(NCc1ccc(NC(=O)c2ccco2)cc1)N1CCC(CC(=O)NC)CC1.I. The van der Waals surface area contributed by atoms with Crippen LogP contribution in [0.25, 0.3) is 0 Å². The molecule has 0 saturated carbocycles. The third kappa shape index (κ3) is 7.27. The van der Waals surface area contributed by atoms with E-state index in [4.69, 9.17) is 4.42 Å². The molecule has 168 valence electrons. The van der Waals surface area contributed by atoms with Crippen molar-refractivity contribution in [3.8, 4) is 0 Å². The fourth-order valence-corrected chi connectivity index (χ4v) is 3.53. The average molecular weight is 539 g/mol. The maximum Gasteiger partial charge on any atom is 0.291 e. The number of guanidine groups is 1. The van der Waals surface area contributed by atoms with Crippen molar-refractivity contribution in [1.82, 2.24) is 15.5 Å². The van der Waals surface area contributed by atoms with Gasteiger partial charge in [0.15, 0.2) is 11.7 Å². The molecular formula is C22H30IN5O3. The van der Waals surface area contributed by atoms with Gasteiger partial charge in [-0.3, -0.25) is 14.6 Å². The summed E-state index contributed by atoms with van der Waals surface area (Å²) in [5.74, 6) is 1.42. The van der Waals surface area contributed by atoms with Crippen LogP contribution in [0.2, 0.25) is 0 Å². The second-order valence-electron chi connectivity index (χ2n) is 7.34. The molecule has 1 fully saturated rings. The standard InChI is InChI=1S/C22H29N5O3.HI/c1-23-20(28)14-16-9-11-27(12-10-16)22(24-2)25-15-17-5-7-18(8-6-17)26-21(29)19-4-3-13-30-19;/h3-8,13,16H,9-12,14-15H2,1-2H3,(H,23,28)(H,24,25)(H,26,29);1H. The lowest BCUT2D eigenvalue weighted by atomic mass is 9.93. The van der Waals surface area contributed by atoms with E-state index in [0.29, 0.717) is 24.6 Å². The van der Waals surface area contributed by atoms with Crippen molar-refractivity contribution in [2.24, 2.45) is 10.9 Å². The Morgan fingerprint density at radius 3 is 2.45 bits per heavy atom. The molecule has 2 heterocycles. The molecule has 8 nitrogen and oxygen atoms in total. The zero-order chi connectivity index (χ0) is 21.3. The highest BCUT2D eigenvalue weighted by atomic mass is 127. The molecule has 1 aliphatic rings. The molecule has 0 unspecified atom stereocenters. The number of nitrogens with zero attached hydrogens (tertiary/aromatic N) is 2. The molecule has 0 aliphatic carbocycles. The van der Waals surface area contributed by atoms with Gasteiger partial charge in [0.05, 0.1) is 6.26 Å². The van der Waals surface area contributed by atoms with Gasteiger partial charge in [0.25, 0.3) is 5.91 Å². The molecule has 31 heavy (non-hydrogen) atoms. The molecule has 2 amide bonds. The third-order valence-electron chi connectivity index (χ3n) is 5.29. The van der Waals surface area contributed by atoms with Gasteiger partial charge >= 0.3 is 0 Å². The Balaban J connectivity index is 0.00000341. The summed E-state index contributed by atoms with van der Waals surface area (Å²) in [5.41, 5.74) is 1.80. The van der Waals surface area contributed by atoms with Crippen LogP contribution in [0.4, 0.5) is 5.69 Å². The molecule has 9 heteroatoms. The second kappa shape index (κ2) is 12.3. The Kier molecular flexibility index (Phi) is 9.83. The number of furan rings is 1. The monoisotopic (exact) mass is 539 g/mol. The van der Waals surface area contributed by atoms with E-state index in [1.807, 2.05) is 24.3 Å². The van der Waals surface area contributed by atoms with E-state index in [0.717, 1.165) is 37.5 Å². The molecule has 1 aliphatic heterocycles.